The Balaban J connectivity index is 2.09. The molecule has 170 valence electrons. The first-order valence-electron chi connectivity index (χ1n) is 11.3. The fourth-order valence-electron chi connectivity index (χ4n) is 4.72. The third-order valence-corrected chi connectivity index (χ3v) is 6.63. The van der Waals surface area contributed by atoms with Crippen molar-refractivity contribution in [3.63, 3.8) is 0 Å². The summed E-state index contributed by atoms with van der Waals surface area (Å²) in [4.78, 5) is 23.1. The van der Waals surface area contributed by atoms with Crippen LogP contribution in [0.3, 0.4) is 0 Å². The fraction of sp³-hybridized carbons (Fsp3) is 0.750. The van der Waals surface area contributed by atoms with Gasteiger partial charge in [-0.3, -0.25) is 9.59 Å². The first-order valence-corrected chi connectivity index (χ1v) is 11.3. The lowest BCUT2D eigenvalue weighted by molar-refractivity contribution is -0.158. The number of carbonyl (C=O) groups is 2. The van der Waals surface area contributed by atoms with Gasteiger partial charge in [0.2, 0.25) is 0 Å². The maximum Gasteiger partial charge on any atom is 0.308 e. The van der Waals surface area contributed by atoms with Gasteiger partial charge in [-0.1, -0.05) is 45.9 Å². The molecule has 0 bridgehead atoms. The van der Waals surface area contributed by atoms with Crippen molar-refractivity contribution in [3.8, 4) is 0 Å². The molecule has 0 aromatic heterocycles. The summed E-state index contributed by atoms with van der Waals surface area (Å²) in [6.45, 7) is 8.10. The Morgan fingerprint density at radius 2 is 2.03 bits per heavy atom. The van der Waals surface area contributed by atoms with Crippen molar-refractivity contribution in [1.29, 1.82) is 0 Å². The number of ether oxygens (including phenoxy) is 1. The summed E-state index contributed by atoms with van der Waals surface area (Å²) < 4.78 is 19.7. The van der Waals surface area contributed by atoms with Crippen molar-refractivity contribution in [2.45, 2.75) is 84.6 Å². The molecule has 30 heavy (non-hydrogen) atoms. The molecule has 2 N–H and O–H groups in total. The number of halogens is 1. The van der Waals surface area contributed by atoms with Gasteiger partial charge in [0.15, 0.2) is 0 Å². The molecule has 0 radical (unpaired) electrons. The average molecular weight is 425 g/mol. The standard InChI is InChI=1S/C24H37FO5/c1-5-15(3)24(29)30-21-11-14(2)10-17-7-6-16(4)20(23(17)21)9-8-19(26)12-18(25)13-22(27)28/h6-7,10,14-16,18-21,23,26H,5,8-9,11-13H2,1-4H3,(H,27,28)/t14-,15-,16-,18-,19+,20-,21-,23?/m0/s1. The minimum Gasteiger partial charge on any atom is -0.481 e. The molecule has 0 aromatic rings. The van der Waals surface area contributed by atoms with E-state index in [2.05, 4.69) is 32.1 Å². The summed E-state index contributed by atoms with van der Waals surface area (Å²) in [6.07, 6.45) is 5.74. The molecule has 1 unspecified atom stereocenters. The SMILES string of the molecule is CC[C@H](C)C(=O)O[C@H]1C[C@@H](C)C=C2C=C[C@H](C)[C@H](CC[C@@H](O)C[C@H](F)CC(=O)O)C21. The maximum absolute atomic E-state index is 13.8. The van der Waals surface area contributed by atoms with Crippen LogP contribution in [0.5, 0.6) is 0 Å². The third-order valence-electron chi connectivity index (χ3n) is 6.63. The van der Waals surface area contributed by atoms with E-state index >= 15 is 0 Å². The van der Waals surface area contributed by atoms with Gasteiger partial charge in [-0.05, 0) is 49.0 Å². The second-order valence-corrected chi connectivity index (χ2v) is 9.23. The highest BCUT2D eigenvalue weighted by atomic mass is 19.1. The van der Waals surface area contributed by atoms with Crippen LogP contribution in [-0.2, 0) is 14.3 Å². The monoisotopic (exact) mass is 424 g/mol. The molecule has 6 heteroatoms. The van der Waals surface area contributed by atoms with Crippen LogP contribution in [-0.4, -0.2) is 40.5 Å². The number of aliphatic hydroxyl groups is 1. The predicted octanol–water partition coefficient (Wildman–Crippen LogP) is 4.69. The fourth-order valence-corrected chi connectivity index (χ4v) is 4.72. The Labute approximate surface area is 179 Å². The number of carboxylic acids is 1. The number of esters is 1. The van der Waals surface area contributed by atoms with E-state index in [1.54, 1.807) is 0 Å². The lowest BCUT2D eigenvalue weighted by Crippen LogP contribution is -2.41. The molecule has 0 aromatic carbocycles. The number of fused-ring (bicyclic) bond motifs is 1. The minimum absolute atomic E-state index is 0.0709. The van der Waals surface area contributed by atoms with Crippen molar-refractivity contribution in [2.24, 2.45) is 29.6 Å². The Morgan fingerprint density at radius 1 is 1.33 bits per heavy atom. The number of hydrogen-bond acceptors (Lipinski definition) is 4. The predicted molar refractivity (Wildman–Crippen MR) is 113 cm³/mol. The highest BCUT2D eigenvalue weighted by Gasteiger charge is 2.41. The molecule has 8 atom stereocenters. The van der Waals surface area contributed by atoms with Crippen LogP contribution in [0.2, 0.25) is 0 Å². The smallest absolute Gasteiger partial charge is 0.308 e. The zero-order valence-corrected chi connectivity index (χ0v) is 18.6. The van der Waals surface area contributed by atoms with Crippen molar-refractivity contribution in [3.05, 3.63) is 23.8 Å². The largest absolute Gasteiger partial charge is 0.481 e. The van der Waals surface area contributed by atoms with Gasteiger partial charge in [0.05, 0.1) is 18.4 Å². The van der Waals surface area contributed by atoms with Crippen LogP contribution >= 0.6 is 0 Å². The molecule has 5 nitrogen and oxygen atoms in total. The third kappa shape index (κ3) is 6.66. The van der Waals surface area contributed by atoms with E-state index < -0.39 is 24.7 Å². The van der Waals surface area contributed by atoms with Crippen LogP contribution in [0.25, 0.3) is 0 Å². The first kappa shape index (κ1) is 24.6. The molecule has 2 aliphatic rings. The van der Waals surface area contributed by atoms with Gasteiger partial charge in [-0.25, -0.2) is 4.39 Å². The number of allylic oxidation sites excluding steroid dienone is 3. The molecule has 0 aliphatic heterocycles. The molecule has 0 heterocycles. The van der Waals surface area contributed by atoms with E-state index in [0.717, 1.165) is 12.8 Å². The van der Waals surface area contributed by atoms with Crippen molar-refractivity contribution in [2.75, 3.05) is 0 Å². The van der Waals surface area contributed by atoms with Crippen LogP contribution in [0, 0.1) is 29.6 Å². The summed E-state index contributed by atoms with van der Waals surface area (Å²) in [5, 5.41) is 18.9. The van der Waals surface area contributed by atoms with E-state index in [1.807, 2.05) is 13.8 Å². The van der Waals surface area contributed by atoms with E-state index in [0.29, 0.717) is 18.8 Å². The zero-order valence-electron chi connectivity index (χ0n) is 18.6. The molecular formula is C24H37FO5. The van der Waals surface area contributed by atoms with E-state index in [4.69, 9.17) is 9.84 Å². The van der Waals surface area contributed by atoms with Crippen LogP contribution in [0.1, 0.15) is 66.2 Å². The number of aliphatic hydroxyl groups excluding tert-OH is 1. The summed E-state index contributed by atoms with van der Waals surface area (Å²) in [5.41, 5.74) is 1.18. The first-order chi connectivity index (χ1) is 14.1. The maximum atomic E-state index is 13.8. The van der Waals surface area contributed by atoms with E-state index in [-0.39, 0.29) is 42.2 Å². The van der Waals surface area contributed by atoms with Crippen molar-refractivity contribution >= 4 is 11.9 Å². The molecule has 0 saturated carbocycles. The van der Waals surface area contributed by atoms with Crippen molar-refractivity contribution < 1.29 is 28.9 Å². The molecule has 2 rings (SSSR count). The Hall–Kier alpha value is -1.69. The highest BCUT2D eigenvalue weighted by molar-refractivity contribution is 5.72. The summed E-state index contributed by atoms with van der Waals surface area (Å²) in [5.74, 6) is -0.681. The Bertz CT molecular complexity index is 658. The average Bonchev–Trinajstić information content (AvgIpc) is 2.65. The number of aliphatic carboxylic acids is 1. The van der Waals surface area contributed by atoms with Crippen LogP contribution in [0.15, 0.2) is 23.8 Å². The topological polar surface area (TPSA) is 83.8 Å². The van der Waals surface area contributed by atoms with Crippen LogP contribution < -0.4 is 0 Å². The molecule has 0 fully saturated rings. The van der Waals surface area contributed by atoms with Gasteiger partial charge < -0.3 is 14.9 Å². The molecule has 0 spiro atoms. The quantitative estimate of drug-likeness (QED) is 0.497. The summed E-state index contributed by atoms with van der Waals surface area (Å²) in [6, 6.07) is 0. The van der Waals surface area contributed by atoms with Crippen LogP contribution in [0.4, 0.5) is 4.39 Å². The molecule has 0 amide bonds. The second-order valence-electron chi connectivity index (χ2n) is 9.23. The van der Waals surface area contributed by atoms with Gasteiger partial charge in [0, 0.05) is 12.3 Å². The number of rotatable bonds is 10. The lowest BCUT2D eigenvalue weighted by atomic mass is 9.65. The van der Waals surface area contributed by atoms with Gasteiger partial charge >= 0.3 is 11.9 Å². The Kier molecular flexibility index (Phi) is 9.08. The minimum atomic E-state index is -1.55. The number of carbonyl (C=O) groups excluding carboxylic acids is 1. The van der Waals surface area contributed by atoms with Crippen molar-refractivity contribution in [1.82, 2.24) is 0 Å². The molecule has 0 saturated heterocycles. The zero-order chi connectivity index (χ0) is 22.4. The summed E-state index contributed by atoms with van der Waals surface area (Å²) in [7, 11) is 0. The van der Waals surface area contributed by atoms with Gasteiger partial charge in [-0.15, -0.1) is 0 Å². The lowest BCUT2D eigenvalue weighted by Gasteiger charge is -2.43. The normalized spacial score (nSPS) is 31.3. The number of hydrogen-bond donors (Lipinski definition) is 2. The summed E-state index contributed by atoms with van der Waals surface area (Å²) >= 11 is 0. The highest BCUT2D eigenvalue weighted by Crippen LogP contribution is 2.45. The van der Waals surface area contributed by atoms with Gasteiger partial charge in [0.25, 0.3) is 0 Å². The second kappa shape index (κ2) is 11.1. The van der Waals surface area contributed by atoms with Gasteiger partial charge in [0.1, 0.15) is 12.3 Å². The molecule has 2 aliphatic carbocycles. The molecular weight excluding hydrogens is 387 g/mol. The Morgan fingerprint density at radius 3 is 2.67 bits per heavy atom. The van der Waals surface area contributed by atoms with E-state index in [9.17, 15) is 19.1 Å². The van der Waals surface area contributed by atoms with E-state index in [1.165, 1.54) is 5.57 Å². The number of alkyl halides is 1. The van der Waals surface area contributed by atoms with Gasteiger partial charge in [-0.2, -0.15) is 0 Å². The number of carboxylic acid groups (broad SMARTS) is 1.